The van der Waals surface area contributed by atoms with Gasteiger partial charge in [0.15, 0.2) is 5.11 Å². The highest BCUT2D eigenvalue weighted by atomic mass is 35.5. The lowest BCUT2D eigenvalue weighted by molar-refractivity contribution is 0.396. The summed E-state index contributed by atoms with van der Waals surface area (Å²) in [6.07, 6.45) is 0. The van der Waals surface area contributed by atoms with Gasteiger partial charge in [-0.05, 0) is 53.8 Å². The Bertz CT molecular complexity index is 1280. The molecular weight excluding hydrogens is 460 g/mol. The maximum absolute atomic E-state index is 6.30. The average Bonchev–Trinajstić information content (AvgIpc) is 3.49. The molecule has 0 bridgehead atoms. The van der Waals surface area contributed by atoms with Gasteiger partial charge in [0.2, 0.25) is 5.82 Å². The van der Waals surface area contributed by atoms with E-state index in [1.165, 1.54) is 0 Å². The smallest absolute Gasteiger partial charge is 0.258 e. The fraction of sp³-hybridized carbons (Fsp3) is 0.125. The predicted molar refractivity (Wildman–Crippen MR) is 132 cm³/mol. The van der Waals surface area contributed by atoms with Crippen LogP contribution in [0.3, 0.4) is 0 Å². The van der Waals surface area contributed by atoms with Crippen LogP contribution in [-0.2, 0) is 6.54 Å². The summed E-state index contributed by atoms with van der Waals surface area (Å²) in [6, 6.07) is 21.6. The van der Waals surface area contributed by atoms with Gasteiger partial charge in [-0.2, -0.15) is 4.98 Å². The Kier molecular flexibility index (Phi) is 5.78. The van der Waals surface area contributed by atoms with E-state index in [1.807, 2.05) is 66.9 Å². The van der Waals surface area contributed by atoms with Gasteiger partial charge in [0, 0.05) is 17.3 Å². The van der Waals surface area contributed by atoms with Crippen LogP contribution in [0.5, 0.6) is 0 Å². The number of aromatic nitrogens is 2. The Labute approximate surface area is 200 Å². The fourth-order valence-electron chi connectivity index (χ4n) is 3.79. The van der Waals surface area contributed by atoms with Crippen LogP contribution in [0, 0.1) is 0 Å². The first kappa shape index (κ1) is 20.9. The number of nitrogens with one attached hydrogen (secondary N) is 1. The van der Waals surface area contributed by atoms with E-state index in [0.29, 0.717) is 28.4 Å². The average molecular weight is 479 g/mol. The van der Waals surface area contributed by atoms with E-state index in [4.69, 9.17) is 33.3 Å². The second kappa shape index (κ2) is 8.86. The molecule has 8 heteroatoms. The molecule has 32 heavy (non-hydrogen) atoms. The minimum absolute atomic E-state index is 0.259. The lowest BCUT2D eigenvalue weighted by atomic mass is 9.94. The number of thiophene rings is 1. The molecule has 1 aliphatic rings. The quantitative estimate of drug-likeness (QED) is 0.339. The molecule has 0 amide bonds. The van der Waals surface area contributed by atoms with Crippen LogP contribution in [0.4, 0.5) is 0 Å². The van der Waals surface area contributed by atoms with Crippen molar-refractivity contribution in [2.75, 3.05) is 0 Å². The molecule has 0 radical (unpaired) electrons. The molecule has 0 fully saturated rings. The number of rotatable bonds is 5. The first-order valence-corrected chi connectivity index (χ1v) is 11.7. The summed E-state index contributed by atoms with van der Waals surface area (Å²) in [4.78, 5) is 7.75. The molecule has 4 aromatic rings. The molecule has 3 heterocycles. The number of nitrogens with zero attached hydrogens (tertiary/aromatic N) is 3. The third-order valence-electron chi connectivity index (χ3n) is 5.36. The minimum Gasteiger partial charge on any atom is -0.351 e. The summed E-state index contributed by atoms with van der Waals surface area (Å²) >= 11 is 13.6. The summed E-state index contributed by atoms with van der Waals surface area (Å²) < 4.78 is 5.76. The van der Waals surface area contributed by atoms with Crippen LogP contribution in [0.15, 0.2) is 82.3 Å². The van der Waals surface area contributed by atoms with Gasteiger partial charge in [-0.25, -0.2) is 0 Å². The van der Waals surface area contributed by atoms with Crippen molar-refractivity contribution in [3.05, 3.63) is 99.8 Å². The first-order chi connectivity index (χ1) is 15.6. The van der Waals surface area contributed by atoms with Crippen molar-refractivity contribution in [3.63, 3.8) is 0 Å². The van der Waals surface area contributed by atoms with Gasteiger partial charge in [-0.3, -0.25) is 0 Å². The number of hydrogen-bond acceptors (Lipinski definition) is 5. The normalized spacial score (nSPS) is 16.4. The summed E-state index contributed by atoms with van der Waals surface area (Å²) in [5, 5.41) is 11.0. The van der Waals surface area contributed by atoms with E-state index in [1.54, 1.807) is 11.3 Å². The van der Waals surface area contributed by atoms with Crippen molar-refractivity contribution in [2.45, 2.75) is 19.5 Å². The number of allylic oxidation sites excluding steroid dienone is 1. The molecule has 1 atom stereocenters. The SMILES string of the molecule is CC1=C(c2nc(-c3cccs3)no2)C(c2cccc(Cl)c2)NC(=S)N1Cc1ccccc1. The molecule has 2 aromatic heterocycles. The molecular formula is C24H19ClN4OS2. The van der Waals surface area contributed by atoms with E-state index in [0.717, 1.165) is 27.3 Å². The summed E-state index contributed by atoms with van der Waals surface area (Å²) in [7, 11) is 0. The van der Waals surface area contributed by atoms with E-state index in [9.17, 15) is 0 Å². The second-order valence-corrected chi connectivity index (χ2v) is 9.18. The van der Waals surface area contributed by atoms with Crippen molar-refractivity contribution in [2.24, 2.45) is 0 Å². The highest BCUT2D eigenvalue weighted by molar-refractivity contribution is 7.80. The number of thiocarbonyl (C=S) groups is 1. The van der Waals surface area contributed by atoms with Crippen LogP contribution in [0.25, 0.3) is 16.3 Å². The number of halogens is 1. The van der Waals surface area contributed by atoms with Gasteiger partial charge in [0.1, 0.15) is 0 Å². The maximum Gasteiger partial charge on any atom is 0.258 e. The van der Waals surface area contributed by atoms with Gasteiger partial charge in [0.25, 0.3) is 5.89 Å². The zero-order valence-electron chi connectivity index (χ0n) is 17.2. The van der Waals surface area contributed by atoms with Crippen LogP contribution >= 0.6 is 35.2 Å². The van der Waals surface area contributed by atoms with Crippen molar-refractivity contribution in [1.29, 1.82) is 0 Å². The zero-order valence-corrected chi connectivity index (χ0v) is 19.5. The van der Waals surface area contributed by atoms with Crippen LogP contribution < -0.4 is 5.32 Å². The molecule has 160 valence electrons. The van der Waals surface area contributed by atoms with Crippen LogP contribution in [0.2, 0.25) is 5.02 Å². The zero-order chi connectivity index (χ0) is 22.1. The minimum atomic E-state index is -0.259. The molecule has 2 aromatic carbocycles. The highest BCUT2D eigenvalue weighted by Gasteiger charge is 2.34. The third kappa shape index (κ3) is 4.07. The maximum atomic E-state index is 6.30. The van der Waals surface area contributed by atoms with E-state index in [-0.39, 0.29) is 6.04 Å². The first-order valence-electron chi connectivity index (χ1n) is 10.1. The molecule has 0 aliphatic carbocycles. The Balaban J connectivity index is 1.61. The fourth-order valence-corrected chi connectivity index (χ4v) is 4.96. The van der Waals surface area contributed by atoms with Gasteiger partial charge < -0.3 is 14.7 Å². The standard InChI is InChI=1S/C24H19ClN4OS2/c1-15-20(23-27-22(28-30-23)19-11-6-12-32-19)21(17-9-5-10-18(25)13-17)26-24(31)29(15)14-16-7-3-2-4-8-16/h2-13,21H,14H2,1H3,(H,26,31). The molecule has 0 saturated carbocycles. The third-order valence-corrected chi connectivity index (χ3v) is 6.80. The van der Waals surface area contributed by atoms with Crippen LogP contribution in [-0.4, -0.2) is 20.2 Å². The van der Waals surface area contributed by atoms with Crippen molar-refractivity contribution in [1.82, 2.24) is 20.4 Å². The van der Waals surface area contributed by atoms with Crippen LogP contribution in [0.1, 0.15) is 30.0 Å². The molecule has 1 unspecified atom stereocenters. The molecule has 0 saturated heterocycles. The highest BCUT2D eigenvalue weighted by Crippen LogP contribution is 2.38. The molecule has 1 aliphatic heterocycles. The topological polar surface area (TPSA) is 54.2 Å². The Morgan fingerprint density at radius 3 is 2.72 bits per heavy atom. The van der Waals surface area contributed by atoms with Gasteiger partial charge >= 0.3 is 0 Å². The summed E-state index contributed by atoms with van der Waals surface area (Å²) in [5.41, 5.74) is 3.97. The van der Waals surface area contributed by atoms with Gasteiger partial charge in [-0.1, -0.05) is 65.3 Å². The molecule has 1 N–H and O–H groups in total. The van der Waals surface area contributed by atoms with E-state index in [2.05, 4.69) is 27.5 Å². The van der Waals surface area contributed by atoms with Crippen molar-refractivity contribution in [3.8, 4) is 10.7 Å². The molecule has 5 rings (SSSR count). The number of hydrogen-bond donors (Lipinski definition) is 1. The van der Waals surface area contributed by atoms with Crippen molar-refractivity contribution < 1.29 is 4.52 Å². The lowest BCUT2D eigenvalue weighted by Gasteiger charge is -2.37. The largest absolute Gasteiger partial charge is 0.351 e. The lowest BCUT2D eigenvalue weighted by Crippen LogP contribution is -2.45. The second-order valence-electron chi connectivity index (χ2n) is 7.41. The molecule has 0 spiro atoms. The Morgan fingerprint density at radius 1 is 1.12 bits per heavy atom. The van der Waals surface area contributed by atoms with Gasteiger partial charge in [0.05, 0.1) is 16.5 Å². The Hall–Kier alpha value is -3.00. The van der Waals surface area contributed by atoms with E-state index < -0.39 is 0 Å². The summed E-state index contributed by atoms with van der Waals surface area (Å²) in [6.45, 7) is 2.67. The predicted octanol–water partition coefficient (Wildman–Crippen LogP) is 6.31. The number of benzene rings is 2. The van der Waals surface area contributed by atoms with Gasteiger partial charge in [-0.15, -0.1) is 11.3 Å². The van der Waals surface area contributed by atoms with E-state index >= 15 is 0 Å². The summed E-state index contributed by atoms with van der Waals surface area (Å²) in [5.74, 6) is 1.03. The molecule has 5 nitrogen and oxygen atoms in total. The van der Waals surface area contributed by atoms with Crippen molar-refractivity contribution >= 4 is 45.8 Å². The Morgan fingerprint density at radius 2 is 1.97 bits per heavy atom. The monoisotopic (exact) mass is 478 g/mol.